The normalized spacial score (nSPS) is 11.3. The van der Waals surface area contributed by atoms with Gasteiger partial charge in [-0.3, -0.25) is 8.37 Å². The Morgan fingerprint density at radius 1 is 0.421 bits per heavy atom. The van der Waals surface area contributed by atoms with Crippen molar-refractivity contribution in [2.45, 2.75) is 155 Å². The molecule has 0 saturated heterocycles. The summed E-state index contributed by atoms with van der Waals surface area (Å²) in [7, 11) is -8.97. The molecule has 0 fully saturated rings. The van der Waals surface area contributed by atoms with Crippen molar-refractivity contribution < 1.29 is 63.9 Å². The quantitative estimate of drug-likeness (QED) is 0.0631. The topological polar surface area (TPSA) is 169 Å². The van der Waals surface area contributed by atoms with Gasteiger partial charge in [0.2, 0.25) is 20.8 Å². The van der Waals surface area contributed by atoms with Crippen molar-refractivity contribution in [3.63, 3.8) is 0 Å². The van der Waals surface area contributed by atoms with Gasteiger partial charge in [-0.2, -0.15) is 0 Å². The molecule has 4 N–H and O–H groups in total. The van der Waals surface area contributed by atoms with Gasteiger partial charge in [0.15, 0.2) is 0 Å². The summed E-state index contributed by atoms with van der Waals surface area (Å²) < 4.78 is 69.1. The first-order valence-electron chi connectivity index (χ1n) is 14.3. The average Bonchev–Trinajstić information content (AvgIpc) is 2.79. The molecule has 0 aliphatic carbocycles. The van der Waals surface area contributed by atoms with Gasteiger partial charge < -0.3 is 15.3 Å². The molecule has 0 aliphatic rings. The van der Waals surface area contributed by atoms with E-state index in [1.165, 1.54) is 103 Å². The van der Waals surface area contributed by atoms with Crippen LogP contribution in [-0.4, -0.2) is 39.2 Å². The standard InChI is InChI=1S/C14H30O4S.C12H26O4S.H3N.Na/c1-2-3-4-5-6-7-8-9-10-11-12-13-14-18-19(15,16)17;1-2-3-4-5-6-7-8-9-10-11-12-16-17(13,14)15;;/h2-14H2,1H3,(H,15,16,17);2-12H2,1H3,(H,13,14,15);1H3;/q;;;+1/p-1. The van der Waals surface area contributed by atoms with Crippen molar-refractivity contribution in [3.8, 4) is 0 Å². The summed E-state index contributed by atoms with van der Waals surface area (Å²) >= 11 is 0. The van der Waals surface area contributed by atoms with Gasteiger partial charge in [0.05, 0.1) is 13.2 Å². The van der Waals surface area contributed by atoms with Crippen molar-refractivity contribution in [1.29, 1.82) is 0 Å². The molecule has 0 aromatic heterocycles. The third kappa shape index (κ3) is 49.6. The summed E-state index contributed by atoms with van der Waals surface area (Å²) in [5.74, 6) is 0. The van der Waals surface area contributed by atoms with Gasteiger partial charge in [0, 0.05) is 0 Å². The van der Waals surface area contributed by atoms with E-state index in [1.807, 2.05) is 0 Å². The van der Waals surface area contributed by atoms with Crippen LogP contribution in [0.4, 0.5) is 0 Å². The van der Waals surface area contributed by atoms with E-state index in [4.69, 9.17) is 0 Å². The summed E-state index contributed by atoms with van der Waals surface area (Å²) in [5, 5.41) is 0. The monoisotopic (exact) mass is 599 g/mol. The Labute approximate surface area is 257 Å². The van der Waals surface area contributed by atoms with E-state index in [0.717, 1.165) is 25.7 Å². The Morgan fingerprint density at radius 3 is 0.789 bits per heavy atom. The van der Waals surface area contributed by atoms with Gasteiger partial charge in [-0.05, 0) is 12.8 Å². The van der Waals surface area contributed by atoms with E-state index >= 15 is 0 Å². The fraction of sp³-hybridized carbons (Fsp3) is 1.00. The average molecular weight is 600 g/mol. The molecule has 0 saturated carbocycles. The number of quaternary nitrogens is 1. The van der Waals surface area contributed by atoms with E-state index in [2.05, 4.69) is 22.2 Å². The molecule has 0 aromatic carbocycles. The maximum atomic E-state index is 10.2. The van der Waals surface area contributed by atoms with Crippen molar-refractivity contribution in [1.82, 2.24) is 6.15 Å². The van der Waals surface area contributed by atoms with Gasteiger partial charge >= 0.3 is 29.6 Å². The van der Waals surface area contributed by atoms with Crippen LogP contribution < -0.4 is 35.7 Å². The third-order valence-electron chi connectivity index (χ3n) is 5.95. The minimum absolute atomic E-state index is 0. The predicted octanol–water partition coefficient (Wildman–Crippen LogP) is 4.93. The molecular weight excluding hydrogens is 541 g/mol. The van der Waals surface area contributed by atoms with Gasteiger partial charge in [-0.1, -0.05) is 142 Å². The van der Waals surface area contributed by atoms with Crippen molar-refractivity contribution in [3.05, 3.63) is 0 Å². The van der Waals surface area contributed by atoms with Crippen LogP contribution in [0.1, 0.15) is 155 Å². The molecule has 0 bridgehead atoms. The number of hydrogen-bond donors (Lipinski definition) is 1. The van der Waals surface area contributed by atoms with Crippen LogP contribution in [0.3, 0.4) is 0 Å². The minimum Gasteiger partial charge on any atom is -0.726 e. The van der Waals surface area contributed by atoms with Crippen LogP contribution in [0.25, 0.3) is 0 Å². The summed E-state index contributed by atoms with van der Waals surface area (Å²) in [6, 6.07) is 0. The molecule has 12 heteroatoms. The van der Waals surface area contributed by atoms with Gasteiger partial charge in [0.1, 0.15) is 0 Å². The SMILES string of the molecule is CCCCCCCCCCCCCCOS(=O)(=O)[O-].CCCCCCCCCCCCOS(=O)(=O)[O-].[NH4+].[Na+]. The molecule has 0 amide bonds. The van der Waals surface area contributed by atoms with Gasteiger partial charge in [-0.25, -0.2) is 16.8 Å². The fourth-order valence-electron chi connectivity index (χ4n) is 3.85. The van der Waals surface area contributed by atoms with Crippen molar-refractivity contribution >= 4 is 20.8 Å². The van der Waals surface area contributed by atoms with E-state index < -0.39 is 20.8 Å². The molecule has 0 atom stereocenters. The Balaban J connectivity index is -0.000000291. The summed E-state index contributed by atoms with van der Waals surface area (Å²) in [4.78, 5) is 0. The molecule has 0 rings (SSSR count). The molecule has 0 aromatic rings. The molecule has 0 heterocycles. The zero-order valence-corrected chi connectivity index (χ0v) is 28.7. The van der Waals surface area contributed by atoms with Crippen LogP contribution >= 0.6 is 0 Å². The second-order valence-electron chi connectivity index (χ2n) is 9.53. The molecule has 9 nitrogen and oxygen atoms in total. The molecule has 0 aliphatic heterocycles. The molecule has 38 heavy (non-hydrogen) atoms. The Hall–Kier alpha value is 0.700. The van der Waals surface area contributed by atoms with Gasteiger partial charge in [0.25, 0.3) is 0 Å². The zero-order chi connectivity index (χ0) is 27.4. The maximum Gasteiger partial charge on any atom is 1.00 e. The maximum absolute atomic E-state index is 10.2. The van der Waals surface area contributed by atoms with Crippen LogP contribution in [0.15, 0.2) is 0 Å². The number of unbranched alkanes of at least 4 members (excludes halogenated alkanes) is 20. The van der Waals surface area contributed by atoms with Crippen LogP contribution in [-0.2, 0) is 29.2 Å². The Kier molecular flexibility index (Phi) is 40.8. The second kappa shape index (κ2) is 33.9. The third-order valence-corrected chi connectivity index (χ3v) is 6.86. The number of rotatable bonds is 26. The summed E-state index contributed by atoms with van der Waals surface area (Å²) in [6.07, 6.45) is 26.2. The fourth-order valence-corrected chi connectivity index (χ4v) is 4.50. The number of hydrogen-bond acceptors (Lipinski definition) is 8. The zero-order valence-electron chi connectivity index (χ0n) is 25.1. The van der Waals surface area contributed by atoms with Crippen LogP contribution in [0.2, 0.25) is 0 Å². The van der Waals surface area contributed by atoms with Crippen molar-refractivity contribution in [2.24, 2.45) is 0 Å². The predicted molar refractivity (Wildman–Crippen MR) is 150 cm³/mol. The molecule has 0 unspecified atom stereocenters. The van der Waals surface area contributed by atoms with E-state index in [1.54, 1.807) is 0 Å². The summed E-state index contributed by atoms with van der Waals surface area (Å²) in [5.41, 5.74) is 0. The summed E-state index contributed by atoms with van der Waals surface area (Å²) in [6.45, 7) is 4.51. The van der Waals surface area contributed by atoms with E-state index in [0.29, 0.717) is 12.8 Å². The van der Waals surface area contributed by atoms with Gasteiger partial charge in [-0.15, -0.1) is 0 Å². The molecular formula is C26H58NNaO8S2. The second-order valence-corrected chi connectivity index (χ2v) is 11.6. The molecule has 0 radical (unpaired) electrons. The smallest absolute Gasteiger partial charge is 0.726 e. The van der Waals surface area contributed by atoms with Crippen LogP contribution in [0.5, 0.6) is 0 Å². The van der Waals surface area contributed by atoms with Crippen molar-refractivity contribution in [2.75, 3.05) is 13.2 Å². The minimum atomic E-state index is -4.49. The largest absolute Gasteiger partial charge is 1.00 e. The Morgan fingerprint density at radius 2 is 0.605 bits per heavy atom. The molecule has 228 valence electrons. The van der Waals surface area contributed by atoms with E-state index in [9.17, 15) is 25.9 Å². The first kappa shape index (κ1) is 45.7. The first-order chi connectivity index (χ1) is 17.1. The molecule has 0 spiro atoms. The van der Waals surface area contributed by atoms with E-state index in [-0.39, 0.29) is 48.9 Å². The van der Waals surface area contributed by atoms with Crippen LogP contribution in [0, 0.1) is 0 Å². The Bertz CT molecular complexity index is 650. The first-order valence-corrected chi connectivity index (χ1v) is 17.0.